The third-order valence-electron chi connectivity index (χ3n) is 6.54. The van der Waals surface area contributed by atoms with Gasteiger partial charge in [-0.1, -0.05) is 60.7 Å². The number of hydrogen-bond donors (Lipinski definition) is 2. The fourth-order valence-electron chi connectivity index (χ4n) is 4.53. The van der Waals surface area contributed by atoms with Crippen molar-refractivity contribution in [3.05, 3.63) is 119 Å². The van der Waals surface area contributed by atoms with Crippen LogP contribution in [0.2, 0.25) is 0 Å². The van der Waals surface area contributed by atoms with Crippen molar-refractivity contribution < 1.29 is 4.79 Å². The molecule has 1 atom stereocenters. The minimum absolute atomic E-state index is 0.0725. The molecule has 0 aliphatic carbocycles. The highest BCUT2D eigenvalue weighted by atomic mass is 16.2. The third kappa shape index (κ3) is 5.30. The molecule has 37 heavy (non-hydrogen) atoms. The first-order valence-electron chi connectivity index (χ1n) is 12.2. The number of benzene rings is 3. The van der Waals surface area contributed by atoms with Crippen molar-refractivity contribution in [2.24, 2.45) is 0 Å². The first kappa shape index (κ1) is 24.1. The van der Waals surface area contributed by atoms with Crippen molar-refractivity contribution in [1.82, 2.24) is 20.1 Å². The summed E-state index contributed by atoms with van der Waals surface area (Å²) in [6.45, 7) is 0.231. The predicted molar refractivity (Wildman–Crippen MR) is 148 cm³/mol. The van der Waals surface area contributed by atoms with Gasteiger partial charge in [-0.25, -0.2) is 4.68 Å². The molecule has 1 amide bonds. The summed E-state index contributed by atoms with van der Waals surface area (Å²) in [6, 6.07) is 29.2. The van der Waals surface area contributed by atoms with Gasteiger partial charge in [0.1, 0.15) is 6.54 Å². The van der Waals surface area contributed by atoms with E-state index < -0.39 is 0 Å². The molecule has 0 fully saturated rings. The molecule has 0 saturated carbocycles. The van der Waals surface area contributed by atoms with E-state index in [2.05, 4.69) is 50.6 Å². The summed E-state index contributed by atoms with van der Waals surface area (Å²) in [5, 5.41) is 8.58. The van der Waals surface area contributed by atoms with Gasteiger partial charge in [0.2, 0.25) is 5.91 Å². The maximum absolute atomic E-state index is 13.0. The molecule has 5 rings (SSSR count). The van der Waals surface area contributed by atoms with E-state index in [0.717, 1.165) is 33.3 Å². The van der Waals surface area contributed by atoms with E-state index in [1.54, 1.807) is 6.07 Å². The number of aromatic nitrogens is 3. The van der Waals surface area contributed by atoms with Crippen molar-refractivity contribution >= 4 is 22.5 Å². The number of carbonyl (C=O) groups excluding carboxylic acids is 1. The molecule has 0 aliphatic heterocycles. The lowest BCUT2D eigenvalue weighted by atomic mass is 9.90. The Kier molecular flexibility index (Phi) is 6.85. The molecule has 7 nitrogen and oxygen atoms in total. The van der Waals surface area contributed by atoms with E-state index >= 15 is 0 Å². The Labute approximate surface area is 215 Å². The van der Waals surface area contributed by atoms with Gasteiger partial charge >= 0.3 is 0 Å². The van der Waals surface area contributed by atoms with Gasteiger partial charge in [0.15, 0.2) is 0 Å². The van der Waals surface area contributed by atoms with Crippen molar-refractivity contribution in [2.45, 2.75) is 12.5 Å². The van der Waals surface area contributed by atoms with Crippen LogP contribution in [0.4, 0.5) is 5.69 Å². The van der Waals surface area contributed by atoms with Crippen LogP contribution in [-0.4, -0.2) is 41.3 Å². The van der Waals surface area contributed by atoms with E-state index in [4.69, 9.17) is 0 Å². The Morgan fingerprint density at radius 2 is 1.68 bits per heavy atom. The lowest BCUT2D eigenvalue weighted by Gasteiger charge is -2.20. The normalized spacial score (nSPS) is 11.8. The summed E-state index contributed by atoms with van der Waals surface area (Å²) in [7, 11) is 4.02. The van der Waals surface area contributed by atoms with Crippen molar-refractivity contribution in [1.29, 1.82) is 0 Å². The fraction of sp³-hybridized carbons (Fsp3) is 0.167. The topological polar surface area (TPSA) is 83.0 Å². The molecule has 3 aromatic carbocycles. The van der Waals surface area contributed by atoms with Gasteiger partial charge in [0.25, 0.3) is 5.56 Å². The number of nitrogens with zero attached hydrogens (tertiary/aromatic N) is 3. The average Bonchev–Trinajstić information content (AvgIpc) is 3.35. The van der Waals surface area contributed by atoms with Gasteiger partial charge in [-0.15, -0.1) is 0 Å². The summed E-state index contributed by atoms with van der Waals surface area (Å²) >= 11 is 0. The van der Waals surface area contributed by atoms with E-state index in [9.17, 15) is 9.59 Å². The number of hydrogen-bond acceptors (Lipinski definition) is 4. The van der Waals surface area contributed by atoms with Crippen molar-refractivity contribution in [3.8, 4) is 11.3 Å². The zero-order valence-corrected chi connectivity index (χ0v) is 20.9. The van der Waals surface area contributed by atoms with E-state index in [0.29, 0.717) is 12.2 Å². The number of fused-ring (bicyclic) bond motifs is 1. The maximum atomic E-state index is 13.0. The SMILES string of the molecule is CN(C)c1ccc(C(CNC(=O)Cn2nc(-c3ccccc3)ccc2=O)c2c[nH]c3ccccc23)cc1. The van der Waals surface area contributed by atoms with Crippen LogP contribution in [0.25, 0.3) is 22.2 Å². The van der Waals surface area contributed by atoms with Gasteiger partial charge in [-0.2, -0.15) is 5.10 Å². The number of aromatic amines is 1. The second kappa shape index (κ2) is 10.5. The number of carbonyl (C=O) groups is 1. The Morgan fingerprint density at radius 3 is 2.43 bits per heavy atom. The molecule has 0 bridgehead atoms. The Bertz CT molecular complexity index is 1570. The Balaban J connectivity index is 1.38. The summed E-state index contributed by atoms with van der Waals surface area (Å²) in [6.07, 6.45) is 2.01. The van der Waals surface area contributed by atoms with E-state index in [-0.39, 0.29) is 23.9 Å². The van der Waals surface area contributed by atoms with Crippen molar-refractivity contribution in [2.75, 3.05) is 25.5 Å². The van der Waals surface area contributed by atoms with Gasteiger partial charge in [0.05, 0.1) is 5.69 Å². The minimum atomic E-state index is -0.317. The number of anilines is 1. The Morgan fingerprint density at radius 1 is 0.946 bits per heavy atom. The monoisotopic (exact) mass is 491 g/mol. The molecular weight excluding hydrogens is 462 g/mol. The number of H-pyrrole nitrogens is 1. The quantitative estimate of drug-likeness (QED) is 0.337. The number of para-hydroxylation sites is 1. The van der Waals surface area contributed by atoms with Gasteiger partial charge in [0, 0.05) is 61.0 Å². The average molecular weight is 492 g/mol. The van der Waals surface area contributed by atoms with Crippen LogP contribution >= 0.6 is 0 Å². The highest BCUT2D eigenvalue weighted by molar-refractivity contribution is 5.84. The zero-order valence-electron chi connectivity index (χ0n) is 20.9. The first-order valence-corrected chi connectivity index (χ1v) is 12.2. The third-order valence-corrected chi connectivity index (χ3v) is 6.54. The number of rotatable bonds is 8. The molecule has 2 heterocycles. The first-order chi connectivity index (χ1) is 18.0. The van der Waals surface area contributed by atoms with E-state index in [1.807, 2.05) is 68.8 Å². The largest absolute Gasteiger partial charge is 0.378 e. The van der Waals surface area contributed by atoms with Crippen LogP contribution in [0.15, 0.2) is 102 Å². The minimum Gasteiger partial charge on any atom is -0.378 e. The molecule has 5 aromatic rings. The zero-order chi connectivity index (χ0) is 25.8. The lowest BCUT2D eigenvalue weighted by Crippen LogP contribution is -2.35. The fourth-order valence-corrected chi connectivity index (χ4v) is 4.53. The standard InChI is InChI=1S/C30H29N5O2/c1-34(2)23-14-12-21(13-15-23)25(26-19-31-28-11-7-6-10-24(26)28)18-32-29(36)20-35-30(37)17-16-27(33-35)22-8-4-3-5-9-22/h3-17,19,25,31H,18,20H2,1-2H3,(H,32,36). The van der Waals surface area contributed by atoms with Gasteiger partial charge in [-0.05, 0) is 35.4 Å². The summed E-state index contributed by atoms with van der Waals surface area (Å²) in [5.74, 6) is -0.341. The second-order valence-electron chi connectivity index (χ2n) is 9.21. The van der Waals surface area contributed by atoms with Crippen LogP contribution < -0.4 is 15.8 Å². The van der Waals surface area contributed by atoms with Crippen LogP contribution in [0.5, 0.6) is 0 Å². The van der Waals surface area contributed by atoms with Gasteiger partial charge in [-0.3, -0.25) is 9.59 Å². The summed E-state index contributed by atoms with van der Waals surface area (Å²) in [4.78, 5) is 30.8. The molecule has 0 radical (unpaired) electrons. The predicted octanol–water partition coefficient (Wildman–Crippen LogP) is 4.41. The van der Waals surface area contributed by atoms with E-state index in [1.165, 1.54) is 10.7 Å². The lowest BCUT2D eigenvalue weighted by molar-refractivity contribution is -0.121. The highest BCUT2D eigenvalue weighted by Gasteiger charge is 2.20. The van der Waals surface area contributed by atoms with Crippen molar-refractivity contribution in [3.63, 3.8) is 0 Å². The summed E-state index contributed by atoms with van der Waals surface area (Å²) < 4.78 is 1.21. The molecule has 186 valence electrons. The smallest absolute Gasteiger partial charge is 0.267 e. The molecule has 0 aliphatic rings. The second-order valence-corrected chi connectivity index (χ2v) is 9.21. The molecule has 2 aromatic heterocycles. The molecule has 2 N–H and O–H groups in total. The van der Waals surface area contributed by atoms with Crippen LogP contribution in [-0.2, 0) is 11.3 Å². The van der Waals surface area contributed by atoms with Crippen LogP contribution in [0.3, 0.4) is 0 Å². The van der Waals surface area contributed by atoms with Crippen LogP contribution in [0.1, 0.15) is 17.0 Å². The molecule has 1 unspecified atom stereocenters. The van der Waals surface area contributed by atoms with Gasteiger partial charge < -0.3 is 15.2 Å². The summed E-state index contributed by atoms with van der Waals surface area (Å²) in [5.41, 5.74) is 5.57. The Hall–Kier alpha value is -4.65. The number of amides is 1. The van der Waals surface area contributed by atoms with Crippen LogP contribution in [0, 0.1) is 0 Å². The maximum Gasteiger partial charge on any atom is 0.267 e. The molecular formula is C30H29N5O2. The molecule has 0 saturated heterocycles. The molecule has 7 heteroatoms. The highest BCUT2D eigenvalue weighted by Crippen LogP contribution is 2.31. The number of nitrogens with one attached hydrogen (secondary N) is 2. The molecule has 0 spiro atoms.